The largest absolute Gasteiger partial charge is 0.493 e. The molecule has 2 heterocycles. The van der Waals surface area contributed by atoms with Crippen LogP contribution in [-0.2, 0) is 16.8 Å². The van der Waals surface area contributed by atoms with Crippen molar-refractivity contribution in [1.29, 1.82) is 10.7 Å². The van der Waals surface area contributed by atoms with Crippen LogP contribution in [0.5, 0.6) is 5.75 Å². The molecule has 0 unspecified atom stereocenters. The molecule has 1 aliphatic carbocycles. The van der Waals surface area contributed by atoms with Crippen LogP contribution in [0, 0.1) is 16.7 Å². The summed E-state index contributed by atoms with van der Waals surface area (Å²) in [5, 5.41) is 27.0. The normalized spacial score (nSPS) is 14.6. The summed E-state index contributed by atoms with van der Waals surface area (Å²) >= 11 is 0. The van der Waals surface area contributed by atoms with E-state index >= 15 is 0 Å². The number of unbranched alkanes of at least 4 members (excludes halogenated alkanes) is 1. The van der Waals surface area contributed by atoms with E-state index in [4.69, 9.17) is 15.3 Å². The summed E-state index contributed by atoms with van der Waals surface area (Å²) in [4.78, 5) is 30.3. The van der Waals surface area contributed by atoms with E-state index in [2.05, 4.69) is 11.1 Å². The summed E-state index contributed by atoms with van der Waals surface area (Å²) in [6.07, 6.45) is 3.45. The SMILES string of the molecule is Br.CC(C)(C#N)c1cc(C(=O)CN2Cc3ccc(C4CC4)nc3C2=N)ccc1OCCCCC(=O)O. The van der Waals surface area contributed by atoms with Gasteiger partial charge < -0.3 is 14.7 Å². The lowest BCUT2D eigenvalue weighted by molar-refractivity contribution is -0.137. The molecule has 0 spiro atoms. The zero-order chi connectivity index (χ0) is 25.2. The van der Waals surface area contributed by atoms with Gasteiger partial charge in [0.05, 0.1) is 24.6 Å². The highest BCUT2D eigenvalue weighted by molar-refractivity contribution is 8.93. The molecule has 1 fully saturated rings. The molecule has 2 N–H and O–H groups in total. The average Bonchev–Trinajstić information content (AvgIpc) is 3.64. The highest BCUT2D eigenvalue weighted by Crippen LogP contribution is 2.40. The predicted molar refractivity (Wildman–Crippen MR) is 140 cm³/mol. The van der Waals surface area contributed by atoms with Gasteiger partial charge >= 0.3 is 5.97 Å². The number of benzene rings is 1. The highest BCUT2D eigenvalue weighted by Gasteiger charge is 2.32. The van der Waals surface area contributed by atoms with Gasteiger partial charge in [0.1, 0.15) is 17.3 Å². The number of nitrogens with zero attached hydrogens (tertiary/aromatic N) is 3. The maximum absolute atomic E-state index is 13.2. The van der Waals surface area contributed by atoms with E-state index in [9.17, 15) is 14.9 Å². The fourth-order valence-corrected chi connectivity index (χ4v) is 4.21. The summed E-state index contributed by atoms with van der Waals surface area (Å²) in [5.74, 6) is 0.306. The van der Waals surface area contributed by atoms with Crippen molar-refractivity contribution in [2.24, 2.45) is 0 Å². The first-order valence-electron chi connectivity index (χ1n) is 12.0. The van der Waals surface area contributed by atoms with Crippen molar-refractivity contribution < 1.29 is 19.4 Å². The minimum absolute atomic E-state index is 0. The van der Waals surface area contributed by atoms with E-state index < -0.39 is 11.4 Å². The van der Waals surface area contributed by atoms with E-state index in [1.807, 2.05) is 12.1 Å². The lowest BCUT2D eigenvalue weighted by atomic mass is 9.84. The third-order valence-corrected chi connectivity index (χ3v) is 6.53. The number of carbonyl (C=O) groups is 2. The van der Waals surface area contributed by atoms with Gasteiger partial charge in [-0.1, -0.05) is 6.07 Å². The number of carboxylic acid groups (broad SMARTS) is 1. The Morgan fingerprint density at radius 3 is 2.67 bits per heavy atom. The number of aromatic nitrogens is 1. The van der Waals surface area contributed by atoms with Gasteiger partial charge in [0, 0.05) is 41.3 Å². The molecule has 9 heteroatoms. The first-order chi connectivity index (χ1) is 16.7. The Bertz CT molecular complexity index is 1220. The molecular formula is C27H31BrN4O4. The second-order valence-corrected chi connectivity index (χ2v) is 9.79. The van der Waals surface area contributed by atoms with E-state index in [1.165, 1.54) is 0 Å². The van der Waals surface area contributed by atoms with Crippen molar-refractivity contribution in [1.82, 2.24) is 9.88 Å². The molecule has 8 nitrogen and oxygen atoms in total. The van der Waals surface area contributed by atoms with Gasteiger partial charge in [-0.2, -0.15) is 5.26 Å². The Labute approximate surface area is 221 Å². The van der Waals surface area contributed by atoms with E-state index in [-0.39, 0.29) is 41.6 Å². The number of ketones is 1. The zero-order valence-electron chi connectivity index (χ0n) is 20.5. The number of amidine groups is 1. The second kappa shape index (κ2) is 11.2. The number of ether oxygens (including phenoxy) is 1. The molecule has 190 valence electrons. The first kappa shape index (κ1) is 27.3. The maximum Gasteiger partial charge on any atom is 0.303 e. The molecule has 2 aromatic rings. The standard InChI is InChI=1S/C27H30N4O4.BrH/c1-27(2,16-28)20-13-18(9-11-23(20)35-12-4-3-5-24(33)34)22(32)15-31-14-19-8-10-21(17-6-7-17)30-25(19)26(31)29;/h8-11,13,17,29H,3-7,12,14-15H2,1-2H3,(H,33,34);1H. The van der Waals surface area contributed by atoms with Crippen molar-refractivity contribution in [2.75, 3.05) is 13.2 Å². The van der Waals surface area contributed by atoms with Crippen LogP contribution < -0.4 is 4.74 Å². The number of nitrogens with one attached hydrogen (secondary N) is 1. The zero-order valence-corrected chi connectivity index (χ0v) is 22.3. The Kier molecular flexibility index (Phi) is 8.51. The summed E-state index contributed by atoms with van der Waals surface area (Å²) < 4.78 is 5.86. The number of pyridine rings is 1. The van der Waals surface area contributed by atoms with Crippen molar-refractivity contribution in [3.05, 3.63) is 58.4 Å². The van der Waals surface area contributed by atoms with Crippen LogP contribution in [0.4, 0.5) is 0 Å². The molecule has 1 saturated carbocycles. The maximum atomic E-state index is 13.2. The van der Waals surface area contributed by atoms with Crippen molar-refractivity contribution in [3.63, 3.8) is 0 Å². The molecule has 0 saturated heterocycles. The molecule has 36 heavy (non-hydrogen) atoms. The smallest absolute Gasteiger partial charge is 0.303 e. The lowest BCUT2D eigenvalue weighted by Gasteiger charge is -2.22. The van der Waals surface area contributed by atoms with Gasteiger partial charge in [0.15, 0.2) is 5.78 Å². The quantitative estimate of drug-likeness (QED) is 0.295. The van der Waals surface area contributed by atoms with Crippen LogP contribution in [0.3, 0.4) is 0 Å². The van der Waals surface area contributed by atoms with Gasteiger partial charge in [0.25, 0.3) is 0 Å². The van der Waals surface area contributed by atoms with Crippen molar-refractivity contribution in [2.45, 2.75) is 63.8 Å². The van der Waals surface area contributed by atoms with Gasteiger partial charge in [-0.3, -0.25) is 15.0 Å². The fourth-order valence-electron chi connectivity index (χ4n) is 4.21. The van der Waals surface area contributed by atoms with Gasteiger partial charge in [-0.05, 0) is 63.8 Å². The molecule has 4 rings (SSSR count). The van der Waals surface area contributed by atoms with E-state index in [0.29, 0.717) is 54.5 Å². The number of fused-ring (bicyclic) bond motifs is 1. The Balaban J connectivity index is 0.00000361. The van der Waals surface area contributed by atoms with Crippen LogP contribution in [0.15, 0.2) is 30.3 Å². The van der Waals surface area contributed by atoms with E-state index in [0.717, 1.165) is 24.1 Å². The van der Waals surface area contributed by atoms with Crippen LogP contribution in [0.25, 0.3) is 0 Å². The minimum Gasteiger partial charge on any atom is -0.493 e. The van der Waals surface area contributed by atoms with Crippen LogP contribution in [0.2, 0.25) is 0 Å². The molecule has 2 aliphatic rings. The number of carbonyl (C=O) groups excluding carboxylic acids is 1. The predicted octanol–water partition coefficient (Wildman–Crippen LogP) is 5.00. The first-order valence-corrected chi connectivity index (χ1v) is 12.0. The molecule has 1 aliphatic heterocycles. The van der Waals surface area contributed by atoms with Gasteiger partial charge in [-0.15, -0.1) is 17.0 Å². The molecule has 0 amide bonds. The fraction of sp³-hybridized carbons (Fsp3) is 0.444. The van der Waals surface area contributed by atoms with Crippen molar-refractivity contribution >= 4 is 34.6 Å². The number of halogens is 1. The number of aliphatic carboxylic acids is 1. The number of rotatable bonds is 11. The van der Waals surface area contributed by atoms with Crippen LogP contribution >= 0.6 is 17.0 Å². The molecule has 0 bridgehead atoms. The summed E-state index contributed by atoms with van der Waals surface area (Å²) in [5.41, 5.74) is 2.84. The Hall–Kier alpha value is -3.25. The highest BCUT2D eigenvalue weighted by atomic mass is 79.9. The Morgan fingerprint density at radius 2 is 2.00 bits per heavy atom. The third-order valence-electron chi connectivity index (χ3n) is 6.53. The number of carboxylic acids is 1. The lowest BCUT2D eigenvalue weighted by Crippen LogP contribution is -2.30. The third kappa shape index (κ3) is 6.11. The van der Waals surface area contributed by atoms with Crippen LogP contribution in [-0.4, -0.2) is 45.7 Å². The molecule has 1 aromatic heterocycles. The molecule has 1 aromatic carbocycles. The summed E-state index contributed by atoms with van der Waals surface area (Å²) in [6.45, 7) is 4.39. The average molecular weight is 555 g/mol. The number of Topliss-reactive ketones (excluding diaryl/α,β-unsaturated/α-hetero) is 1. The number of hydrogen-bond donors (Lipinski definition) is 2. The van der Waals surface area contributed by atoms with Crippen LogP contribution in [0.1, 0.15) is 84.7 Å². The Morgan fingerprint density at radius 1 is 1.25 bits per heavy atom. The molecular weight excluding hydrogens is 524 g/mol. The molecule has 0 atom stereocenters. The van der Waals surface area contributed by atoms with Crippen molar-refractivity contribution in [3.8, 4) is 11.8 Å². The monoisotopic (exact) mass is 554 g/mol. The number of nitriles is 1. The topological polar surface area (TPSA) is 127 Å². The van der Waals surface area contributed by atoms with Gasteiger partial charge in [0.2, 0.25) is 0 Å². The van der Waals surface area contributed by atoms with E-state index in [1.54, 1.807) is 36.9 Å². The number of hydrogen-bond acceptors (Lipinski definition) is 6. The molecule has 0 radical (unpaired) electrons. The van der Waals surface area contributed by atoms with Gasteiger partial charge in [-0.25, -0.2) is 4.98 Å². The summed E-state index contributed by atoms with van der Waals surface area (Å²) in [7, 11) is 0. The second-order valence-electron chi connectivity index (χ2n) is 9.79. The minimum atomic E-state index is -0.883. The summed E-state index contributed by atoms with van der Waals surface area (Å²) in [6, 6.07) is 11.4.